The Bertz CT molecular complexity index is 907. The Morgan fingerprint density at radius 2 is 1.93 bits per heavy atom. The highest BCUT2D eigenvalue weighted by molar-refractivity contribution is 5.75. The van der Waals surface area contributed by atoms with E-state index in [-0.39, 0.29) is 17.3 Å². The van der Waals surface area contributed by atoms with Gasteiger partial charge in [0.15, 0.2) is 5.58 Å². The minimum atomic E-state index is -0.314. The number of methoxy groups -OCH3 is 1. The number of nitrogens with zero attached hydrogens (tertiary/aromatic N) is 3. The molecule has 27 heavy (non-hydrogen) atoms. The monoisotopic (exact) mass is 369 g/mol. The van der Waals surface area contributed by atoms with Gasteiger partial charge in [0.2, 0.25) is 0 Å². The smallest absolute Gasteiger partial charge is 0.408 e. The summed E-state index contributed by atoms with van der Waals surface area (Å²) in [6.07, 6.45) is 6.82. The van der Waals surface area contributed by atoms with Gasteiger partial charge in [-0.1, -0.05) is 0 Å². The zero-order valence-corrected chi connectivity index (χ0v) is 16.1. The molecule has 2 aliphatic rings. The molecule has 2 heterocycles. The van der Waals surface area contributed by atoms with E-state index in [4.69, 9.17) is 14.4 Å². The van der Waals surface area contributed by atoms with Gasteiger partial charge in [-0.15, -0.1) is 0 Å². The van der Waals surface area contributed by atoms with Gasteiger partial charge in [0, 0.05) is 31.8 Å². The van der Waals surface area contributed by atoms with Gasteiger partial charge in [0.05, 0.1) is 23.3 Å². The normalized spacial score (nSPS) is 27.7. The number of hydrogen-bond donors (Lipinski definition) is 0. The van der Waals surface area contributed by atoms with Gasteiger partial charge < -0.3 is 9.15 Å². The number of ether oxygens (including phenoxy) is 1. The van der Waals surface area contributed by atoms with E-state index in [2.05, 4.69) is 17.9 Å². The van der Waals surface area contributed by atoms with E-state index in [9.17, 15) is 4.79 Å². The molecule has 2 fully saturated rings. The Balaban J connectivity index is 1.50. The number of piperidine rings is 1. The lowest BCUT2D eigenvalue weighted by Crippen LogP contribution is -2.52. The lowest BCUT2D eigenvalue weighted by Gasteiger charge is -2.48. The summed E-state index contributed by atoms with van der Waals surface area (Å²) in [5.74, 6) is -0.314. The number of benzene rings is 1. The van der Waals surface area contributed by atoms with Crippen molar-refractivity contribution in [3.8, 4) is 6.07 Å². The third-order valence-electron chi connectivity index (χ3n) is 6.68. The Kier molecular flexibility index (Phi) is 4.83. The highest BCUT2D eigenvalue weighted by Gasteiger charge is 2.38. The molecule has 0 spiro atoms. The van der Waals surface area contributed by atoms with Crippen LogP contribution in [0.1, 0.15) is 57.1 Å². The van der Waals surface area contributed by atoms with Gasteiger partial charge >= 0.3 is 5.76 Å². The topological polar surface area (TPSA) is 71.4 Å². The Morgan fingerprint density at radius 1 is 1.22 bits per heavy atom. The lowest BCUT2D eigenvalue weighted by molar-refractivity contribution is -0.0147. The van der Waals surface area contributed by atoms with Crippen LogP contribution in [-0.2, 0) is 4.74 Å². The minimum Gasteiger partial charge on any atom is -0.408 e. The number of fused-ring (bicyclic) bond motifs is 1. The molecule has 0 atom stereocenters. The van der Waals surface area contributed by atoms with E-state index in [0.717, 1.165) is 57.1 Å². The van der Waals surface area contributed by atoms with Gasteiger partial charge in [0.1, 0.15) is 0 Å². The molecule has 1 aliphatic carbocycles. The summed E-state index contributed by atoms with van der Waals surface area (Å²) >= 11 is 0. The van der Waals surface area contributed by atoms with E-state index in [1.54, 1.807) is 22.8 Å². The number of oxazole rings is 1. The van der Waals surface area contributed by atoms with Crippen LogP contribution in [0.4, 0.5) is 0 Å². The van der Waals surface area contributed by atoms with Crippen LogP contribution in [0, 0.1) is 11.3 Å². The van der Waals surface area contributed by atoms with Crippen molar-refractivity contribution in [1.29, 1.82) is 5.26 Å². The highest BCUT2D eigenvalue weighted by Crippen LogP contribution is 2.37. The molecule has 1 aliphatic heterocycles. The first-order chi connectivity index (χ1) is 13.0. The molecule has 1 saturated carbocycles. The summed E-state index contributed by atoms with van der Waals surface area (Å²) in [4.78, 5) is 15.0. The molecule has 2 aromatic rings. The molecule has 1 aromatic carbocycles. The van der Waals surface area contributed by atoms with E-state index >= 15 is 0 Å². The van der Waals surface area contributed by atoms with Crippen LogP contribution in [0.15, 0.2) is 27.4 Å². The second kappa shape index (κ2) is 7.14. The average molecular weight is 369 g/mol. The van der Waals surface area contributed by atoms with Gasteiger partial charge in [-0.25, -0.2) is 4.79 Å². The molecule has 144 valence electrons. The van der Waals surface area contributed by atoms with Gasteiger partial charge in [0.25, 0.3) is 0 Å². The maximum absolute atomic E-state index is 12.4. The molecular weight excluding hydrogens is 342 g/mol. The fraction of sp³-hybridized carbons (Fsp3) is 0.619. The quantitative estimate of drug-likeness (QED) is 0.829. The molecule has 0 radical (unpaired) electrons. The van der Waals surface area contributed by atoms with Gasteiger partial charge in [-0.3, -0.25) is 9.47 Å². The first-order valence-electron chi connectivity index (χ1n) is 9.87. The average Bonchev–Trinajstić information content (AvgIpc) is 3.03. The SMILES string of the molecule is CO[C@H]1CC[C@](C)(N2CCC(n3c(=O)oc4ccc(C#N)cc43)CC2)CC1. The first-order valence-corrected chi connectivity index (χ1v) is 9.87. The number of nitriles is 1. The molecule has 0 N–H and O–H groups in total. The van der Waals surface area contributed by atoms with E-state index in [1.807, 2.05) is 7.11 Å². The maximum Gasteiger partial charge on any atom is 0.420 e. The second-order valence-electron chi connectivity index (χ2n) is 8.18. The summed E-state index contributed by atoms with van der Waals surface area (Å²) in [6.45, 7) is 4.34. The van der Waals surface area contributed by atoms with Gasteiger partial charge in [-0.2, -0.15) is 5.26 Å². The first kappa shape index (κ1) is 18.3. The number of rotatable bonds is 3. The summed E-state index contributed by atoms with van der Waals surface area (Å²) < 4.78 is 12.7. The zero-order chi connectivity index (χ0) is 19.0. The van der Waals surface area contributed by atoms with Crippen LogP contribution < -0.4 is 5.76 Å². The van der Waals surface area contributed by atoms with E-state index in [0.29, 0.717) is 17.3 Å². The van der Waals surface area contributed by atoms with Crippen LogP contribution in [0.5, 0.6) is 0 Å². The molecule has 6 heteroatoms. The summed E-state index contributed by atoms with van der Waals surface area (Å²) in [5.41, 5.74) is 2.09. The molecular formula is C21H27N3O3. The summed E-state index contributed by atoms with van der Waals surface area (Å²) in [6, 6.07) is 7.45. The van der Waals surface area contributed by atoms with Crippen molar-refractivity contribution in [1.82, 2.24) is 9.47 Å². The summed E-state index contributed by atoms with van der Waals surface area (Å²) in [7, 11) is 1.81. The van der Waals surface area contributed by atoms with Crippen LogP contribution in [0.25, 0.3) is 11.1 Å². The van der Waals surface area contributed by atoms with Crippen LogP contribution in [0.2, 0.25) is 0 Å². The summed E-state index contributed by atoms with van der Waals surface area (Å²) in [5, 5.41) is 9.17. The molecule has 0 unspecified atom stereocenters. The minimum absolute atomic E-state index is 0.128. The number of aromatic nitrogens is 1. The predicted molar refractivity (Wildman–Crippen MR) is 103 cm³/mol. The van der Waals surface area contributed by atoms with Crippen molar-refractivity contribution >= 4 is 11.1 Å². The number of likely N-dealkylation sites (tertiary alicyclic amines) is 1. The van der Waals surface area contributed by atoms with Crippen molar-refractivity contribution in [3.05, 3.63) is 34.3 Å². The van der Waals surface area contributed by atoms with Crippen molar-refractivity contribution in [2.24, 2.45) is 0 Å². The third kappa shape index (κ3) is 3.30. The van der Waals surface area contributed by atoms with Crippen molar-refractivity contribution in [2.45, 2.75) is 63.1 Å². The fourth-order valence-electron chi connectivity index (χ4n) is 4.88. The molecule has 0 amide bonds. The van der Waals surface area contributed by atoms with Crippen molar-refractivity contribution < 1.29 is 9.15 Å². The lowest BCUT2D eigenvalue weighted by atomic mass is 9.79. The fourth-order valence-corrected chi connectivity index (χ4v) is 4.88. The Morgan fingerprint density at radius 3 is 2.56 bits per heavy atom. The number of hydrogen-bond acceptors (Lipinski definition) is 5. The molecule has 6 nitrogen and oxygen atoms in total. The largest absolute Gasteiger partial charge is 0.420 e. The van der Waals surface area contributed by atoms with Crippen molar-refractivity contribution in [3.63, 3.8) is 0 Å². The van der Waals surface area contributed by atoms with E-state index < -0.39 is 0 Å². The molecule has 1 saturated heterocycles. The molecule has 4 rings (SSSR count). The highest BCUT2D eigenvalue weighted by atomic mass is 16.5. The van der Waals surface area contributed by atoms with Crippen LogP contribution in [-0.4, -0.2) is 41.3 Å². The van der Waals surface area contributed by atoms with Crippen molar-refractivity contribution in [2.75, 3.05) is 20.2 Å². The second-order valence-corrected chi connectivity index (χ2v) is 8.18. The maximum atomic E-state index is 12.4. The Hall–Kier alpha value is -2.10. The third-order valence-corrected chi connectivity index (χ3v) is 6.68. The van der Waals surface area contributed by atoms with Crippen LogP contribution in [0.3, 0.4) is 0 Å². The van der Waals surface area contributed by atoms with Crippen LogP contribution >= 0.6 is 0 Å². The Labute approximate surface area is 159 Å². The van der Waals surface area contributed by atoms with Gasteiger partial charge in [-0.05, 0) is 63.6 Å². The molecule has 1 aromatic heterocycles. The standard InChI is InChI=1S/C21H27N3O3/c1-21(9-5-17(26-2)6-10-21)23-11-7-16(8-12-23)24-18-13-15(14-22)3-4-19(18)27-20(24)25/h3-4,13,16-17H,5-12H2,1-2H3/t17-,21-. The predicted octanol–water partition coefficient (Wildman–Crippen LogP) is 3.45. The zero-order valence-electron chi connectivity index (χ0n) is 16.1. The molecule has 0 bridgehead atoms. The van der Waals surface area contributed by atoms with E-state index in [1.165, 1.54) is 0 Å².